The molecule has 40 heavy (non-hydrogen) atoms. The number of carbonyl (C=O) groups excluding carboxylic acids is 3. The number of hydrogen-bond donors (Lipinski definition) is 1. The number of rotatable bonds is 7. The maximum absolute atomic E-state index is 13.5. The van der Waals surface area contributed by atoms with Crippen molar-refractivity contribution in [3.05, 3.63) is 33.8 Å². The zero-order chi connectivity index (χ0) is 28.2. The maximum Gasteiger partial charge on any atom is 0.242 e. The summed E-state index contributed by atoms with van der Waals surface area (Å²) >= 11 is 12.1. The number of fused-ring (bicyclic) bond motifs is 1. The van der Waals surface area contributed by atoms with E-state index in [0.717, 1.165) is 51.0 Å². The number of piperazine rings is 1. The van der Waals surface area contributed by atoms with Gasteiger partial charge in [0.15, 0.2) is 0 Å². The van der Waals surface area contributed by atoms with Gasteiger partial charge in [0.1, 0.15) is 6.54 Å². The van der Waals surface area contributed by atoms with Gasteiger partial charge in [0, 0.05) is 64.9 Å². The lowest BCUT2D eigenvalue weighted by atomic mass is 9.79. The van der Waals surface area contributed by atoms with Crippen LogP contribution in [0, 0.1) is 5.92 Å². The topological polar surface area (TPSA) is 88.7 Å². The average molecular weight is 596 g/mol. The largest absolute Gasteiger partial charge is 0.378 e. The normalized spacial score (nSPS) is 26.5. The molecule has 1 aromatic rings. The molecule has 220 valence electrons. The van der Waals surface area contributed by atoms with E-state index in [2.05, 4.69) is 15.1 Å². The van der Waals surface area contributed by atoms with Crippen molar-refractivity contribution in [3.8, 4) is 0 Å². The van der Waals surface area contributed by atoms with Gasteiger partial charge in [0.25, 0.3) is 0 Å². The summed E-state index contributed by atoms with van der Waals surface area (Å²) < 4.78 is 5.36. The number of ether oxygens (including phenoxy) is 1. The van der Waals surface area contributed by atoms with Gasteiger partial charge in [0.05, 0.1) is 42.4 Å². The lowest BCUT2D eigenvalue weighted by Gasteiger charge is -2.47. The van der Waals surface area contributed by atoms with Crippen molar-refractivity contribution in [2.45, 2.75) is 37.9 Å². The molecule has 0 spiro atoms. The molecule has 1 aromatic carbocycles. The van der Waals surface area contributed by atoms with Crippen LogP contribution in [-0.2, 0) is 25.7 Å². The molecule has 0 radical (unpaired) electrons. The number of hydrogen-bond acceptors (Lipinski definition) is 7. The number of amides is 3. The third-order valence-electron chi connectivity index (χ3n) is 8.80. The average Bonchev–Trinajstić information content (AvgIpc) is 2.97. The molecular weight excluding hydrogens is 555 g/mol. The summed E-state index contributed by atoms with van der Waals surface area (Å²) in [6.45, 7) is 7.44. The Balaban J connectivity index is 1.09. The molecule has 1 aliphatic carbocycles. The van der Waals surface area contributed by atoms with E-state index in [0.29, 0.717) is 62.1 Å². The van der Waals surface area contributed by atoms with Crippen LogP contribution in [0.2, 0.25) is 10.0 Å². The van der Waals surface area contributed by atoms with Crippen LogP contribution in [0.1, 0.15) is 24.8 Å². The number of halogens is 2. The Bertz CT molecular complexity index is 1080. The maximum atomic E-state index is 13.5. The zero-order valence-electron chi connectivity index (χ0n) is 23.2. The fraction of sp³-hybridized carbons (Fsp3) is 0.679. The Kier molecular flexibility index (Phi) is 9.86. The number of carbonyl (C=O) groups is 3. The first kappa shape index (κ1) is 29.5. The summed E-state index contributed by atoms with van der Waals surface area (Å²) in [5.74, 6) is 0.0178. The Hall–Kier alpha value is -1.95. The van der Waals surface area contributed by atoms with E-state index in [9.17, 15) is 14.4 Å². The van der Waals surface area contributed by atoms with Crippen molar-refractivity contribution >= 4 is 40.9 Å². The minimum absolute atomic E-state index is 0.0490. The highest BCUT2D eigenvalue weighted by molar-refractivity contribution is 6.42. The van der Waals surface area contributed by atoms with E-state index in [1.54, 1.807) is 29.0 Å². The Morgan fingerprint density at radius 2 is 1.77 bits per heavy atom. The summed E-state index contributed by atoms with van der Waals surface area (Å²) in [6.07, 6.45) is 2.81. The van der Waals surface area contributed by atoms with Gasteiger partial charge < -0.3 is 19.4 Å². The van der Waals surface area contributed by atoms with Gasteiger partial charge in [-0.15, -0.1) is 0 Å². The van der Waals surface area contributed by atoms with Crippen molar-refractivity contribution in [2.75, 3.05) is 79.3 Å². The third-order valence-corrected chi connectivity index (χ3v) is 9.54. The van der Waals surface area contributed by atoms with Gasteiger partial charge in [-0.2, -0.15) is 0 Å². The number of nitrogens with zero attached hydrogens (tertiary/aromatic N) is 5. The van der Waals surface area contributed by atoms with Gasteiger partial charge in [0.2, 0.25) is 17.7 Å². The van der Waals surface area contributed by atoms with Crippen LogP contribution in [0.4, 0.5) is 0 Å². The molecular formula is C28H40Cl2N6O4. The summed E-state index contributed by atoms with van der Waals surface area (Å²) in [7, 11) is 1.74. The molecule has 10 nitrogen and oxygen atoms in total. The van der Waals surface area contributed by atoms with Crippen LogP contribution >= 0.6 is 23.2 Å². The highest BCUT2D eigenvalue weighted by Gasteiger charge is 2.43. The fourth-order valence-corrected chi connectivity index (χ4v) is 6.67. The highest BCUT2D eigenvalue weighted by atomic mass is 35.5. The fourth-order valence-electron chi connectivity index (χ4n) is 6.35. The number of likely N-dealkylation sites (N-methyl/N-ethyl adjacent to an activating group) is 1. The molecule has 3 atom stereocenters. The van der Waals surface area contributed by atoms with Crippen LogP contribution in [0.3, 0.4) is 0 Å². The van der Waals surface area contributed by atoms with Crippen molar-refractivity contribution < 1.29 is 19.1 Å². The minimum atomic E-state index is -0.124. The van der Waals surface area contributed by atoms with E-state index in [4.69, 9.17) is 27.9 Å². The van der Waals surface area contributed by atoms with Crippen LogP contribution in [0.25, 0.3) is 0 Å². The van der Waals surface area contributed by atoms with Crippen molar-refractivity contribution in [2.24, 2.45) is 5.92 Å². The molecule has 4 aliphatic rings. The molecule has 3 saturated heterocycles. The zero-order valence-corrected chi connectivity index (χ0v) is 24.7. The summed E-state index contributed by atoms with van der Waals surface area (Å²) in [5.41, 5.74) is 0.883. The lowest BCUT2D eigenvalue weighted by molar-refractivity contribution is -0.148. The first-order chi connectivity index (χ1) is 19.3. The first-order valence-electron chi connectivity index (χ1n) is 14.3. The molecule has 0 aromatic heterocycles. The minimum Gasteiger partial charge on any atom is -0.378 e. The molecule has 1 N–H and O–H groups in total. The summed E-state index contributed by atoms with van der Waals surface area (Å²) in [5, 5.41) is 4.45. The van der Waals surface area contributed by atoms with Gasteiger partial charge in [-0.05, 0) is 37.0 Å². The van der Waals surface area contributed by atoms with Crippen LogP contribution in [0.15, 0.2) is 18.2 Å². The molecule has 0 bridgehead atoms. The second-order valence-corrected chi connectivity index (χ2v) is 12.2. The quantitative estimate of drug-likeness (QED) is 0.510. The van der Waals surface area contributed by atoms with Crippen LogP contribution in [0.5, 0.6) is 0 Å². The van der Waals surface area contributed by atoms with Crippen LogP contribution in [-0.4, -0.2) is 134 Å². The van der Waals surface area contributed by atoms with Gasteiger partial charge in [-0.3, -0.25) is 29.5 Å². The lowest BCUT2D eigenvalue weighted by Crippen LogP contribution is -2.62. The molecule has 3 amide bonds. The van der Waals surface area contributed by atoms with Gasteiger partial charge >= 0.3 is 0 Å². The highest BCUT2D eigenvalue weighted by Crippen LogP contribution is 2.32. The SMILES string of the molecule is CN(Cc1ccc(Cl)c(Cl)c1)C(=O)CN1CNC2CCC(N3CCN(CC(=O)N4CCOCC4)CC3)CC2C1=O. The standard InChI is InChI=1S/C28H40Cl2N6O4/c1-32(16-20-2-4-23(29)24(30)14-20)26(37)18-36-19-31-25-5-3-21(15-22(25)28(36)39)34-8-6-33(7-9-34)17-27(38)35-10-12-40-13-11-35/h2,4,14,21-22,25,31H,3,5-13,15-19H2,1H3. The van der Waals surface area contributed by atoms with E-state index in [1.165, 1.54) is 0 Å². The molecule has 5 rings (SSSR count). The molecule has 12 heteroatoms. The van der Waals surface area contributed by atoms with Crippen LogP contribution < -0.4 is 5.32 Å². The molecule has 3 unspecified atom stereocenters. The van der Waals surface area contributed by atoms with Crippen molar-refractivity contribution in [1.82, 2.24) is 29.8 Å². The monoisotopic (exact) mass is 594 g/mol. The second kappa shape index (κ2) is 13.4. The Morgan fingerprint density at radius 3 is 2.50 bits per heavy atom. The van der Waals surface area contributed by atoms with Gasteiger partial charge in [-0.25, -0.2) is 0 Å². The number of morpholine rings is 1. The third kappa shape index (κ3) is 7.09. The number of nitrogens with one attached hydrogen (secondary N) is 1. The van der Waals surface area contributed by atoms with Gasteiger partial charge in [-0.1, -0.05) is 29.3 Å². The van der Waals surface area contributed by atoms with E-state index in [1.807, 2.05) is 11.0 Å². The molecule has 4 fully saturated rings. The van der Waals surface area contributed by atoms with E-state index in [-0.39, 0.29) is 36.2 Å². The number of benzene rings is 1. The Morgan fingerprint density at radius 1 is 1.02 bits per heavy atom. The Labute approximate surface area is 246 Å². The van der Waals surface area contributed by atoms with E-state index < -0.39 is 0 Å². The summed E-state index contributed by atoms with van der Waals surface area (Å²) in [6, 6.07) is 5.84. The first-order valence-corrected chi connectivity index (χ1v) is 15.1. The smallest absolute Gasteiger partial charge is 0.242 e. The summed E-state index contributed by atoms with van der Waals surface area (Å²) in [4.78, 5) is 49.1. The molecule has 3 heterocycles. The van der Waals surface area contributed by atoms with E-state index >= 15 is 0 Å². The molecule has 3 aliphatic heterocycles. The van der Waals surface area contributed by atoms with Crippen molar-refractivity contribution in [3.63, 3.8) is 0 Å². The predicted octanol–water partition coefficient (Wildman–Crippen LogP) is 1.35. The van der Waals surface area contributed by atoms with Crippen molar-refractivity contribution in [1.29, 1.82) is 0 Å². The molecule has 1 saturated carbocycles. The second-order valence-electron chi connectivity index (χ2n) is 11.4. The predicted molar refractivity (Wildman–Crippen MR) is 153 cm³/mol.